The quantitative estimate of drug-likeness (QED) is 0.298. The van der Waals surface area contributed by atoms with Crippen molar-refractivity contribution in [1.29, 1.82) is 0 Å². The molecule has 4 aromatic rings. The monoisotopic (exact) mass is 356 g/mol. The molecule has 0 bridgehead atoms. The van der Waals surface area contributed by atoms with E-state index in [1.807, 2.05) is 47.3 Å². The fourth-order valence-electron chi connectivity index (χ4n) is 2.97. The summed E-state index contributed by atoms with van der Waals surface area (Å²) in [6, 6.07) is 20.8. The Morgan fingerprint density at radius 1 is 1.15 bits per heavy atom. The van der Waals surface area contributed by atoms with Gasteiger partial charge in [-0.1, -0.05) is 24.3 Å². The van der Waals surface area contributed by atoms with Crippen LogP contribution in [0.5, 0.6) is 0 Å². The van der Waals surface area contributed by atoms with Crippen LogP contribution in [0.4, 0.5) is 5.69 Å². The normalized spacial score (nSPS) is 10.6. The Kier molecular flexibility index (Phi) is 4.21. The Morgan fingerprint density at radius 2 is 2.04 bits per heavy atom. The van der Waals surface area contributed by atoms with Gasteiger partial charge in [0.2, 0.25) is 0 Å². The number of nitrogen functional groups attached to an aromatic ring is 1. The lowest BCUT2D eigenvalue weighted by atomic mass is 10.1. The number of carbonyl (C=O) groups is 1. The van der Waals surface area contributed by atoms with Gasteiger partial charge < -0.3 is 10.3 Å². The van der Waals surface area contributed by atoms with Crippen LogP contribution in [-0.2, 0) is 6.54 Å². The van der Waals surface area contributed by atoms with E-state index in [0.29, 0.717) is 6.54 Å². The van der Waals surface area contributed by atoms with E-state index in [9.17, 15) is 4.79 Å². The van der Waals surface area contributed by atoms with Crippen LogP contribution in [0.1, 0.15) is 15.9 Å². The summed E-state index contributed by atoms with van der Waals surface area (Å²) in [6.07, 6.45) is 3.79. The zero-order chi connectivity index (χ0) is 18.8. The van der Waals surface area contributed by atoms with Crippen LogP contribution in [0.25, 0.3) is 22.2 Å². The highest BCUT2D eigenvalue weighted by atomic mass is 16.5. The van der Waals surface area contributed by atoms with E-state index in [1.54, 1.807) is 17.6 Å². The van der Waals surface area contributed by atoms with Crippen molar-refractivity contribution >= 4 is 22.6 Å². The first-order valence-electron chi connectivity index (χ1n) is 8.32. The van der Waals surface area contributed by atoms with E-state index in [2.05, 4.69) is 23.2 Å². The molecule has 0 atom stereocenters. The highest BCUT2D eigenvalue weighted by molar-refractivity contribution is 5.92. The van der Waals surface area contributed by atoms with E-state index in [1.165, 1.54) is 0 Å². The maximum absolute atomic E-state index is 11.4. The fourth-order valence-corrected chi connectivity index (χ4v) is 2.97. The molecule has 4 N–H and O–H groups in total. The third-order valence-electron chi connectivity index (χ3n) is 4.32. The van der Waals surface area contributed by atoms with Crippen LogP contribution in [0.3, 0.4) is 0 Å². The van der Waals surface area contributed by atoms with Crippen molar-refractivity contribution in [3.8, 4) is 11.1 Å². The summed E-state index contributed by atoms with van der Waals surface area (Å²) in [4.78, 5) is 16.0. The summed E-state index contributed by atoms with van der Waals surface area (Å²) >= 11 is 0. The van der Waals surface area contributed by atoms with Gasteiger partial charge in [0.25, 0.3) is 5.91 Å². The lowest BCUT2D eigenvalue weighted by molar-refractivity contribution is 0.0706. The number of aromatic nitrogens is 2. The summed E-state index contributed by atoms with van der Waals surface area (Å²) < 4.78 is 2.00. The summed E-state index contributed by atoms with van der Waals surface area (Å²) in [5.41, 5.74) is 12.1. The van der Waals surface area contributed by atoms with E-state index in [0.717, 1.165) is 33.4 Å². The number of pyridine rings is 1. The highest BCUT2D eigenvalue weighted by Gasteiger charge is 2.07. The second-order valence-electron chi connectivity index (χ2n) is 6.17. The molecule has 1 amide bonds. The molecule has 0 aliphatic heterocycles. The van der Waals surface area contributed by atoms with Gasteiger partial charge in [0.15, 0.2) is 0 Å². The minimum atomic E-state index is -0.611. The van der Waals surface area contributed by atoms with Crippen molar-refractivity contribution in [2.75, 3.05) is 5.73 Å². The SMILES string of the molecule is Nc1cccc(-c2cnc3c(ccn3Cc3c#cc(C(=O)NO)cc3)c2)c1. The molecule has 0 spiro atoms. The zero-order valence-corrected chi connectivity index (χ0v) is 14.3. The molecular weight excluding hydrogens is 340 g/mol. The van der Waals surface area contributed by atoms with Crippen molar-refractivity contribution in [1.82, 2.24) is 15.0 Å². The average Bonchev–Trinajstić information content (AvgIpc) is 3.10. The topological polar surface area (TPSA) is 93.2 Å². The molecule has 2 heterocycles. The maximum Gasteiger partial charge on any atom is 0.283 e. The number of hydrogen-bond donors (Lipinski definition) is 3. The first-order valence-corrected chi connectivity index (χ1v) is 8.32. The number of rotatable bonds is 4. The number of nitrogens with zero attached hydrogens (tertiary/aromatic N) is 2. The number of fused-ring (bicyclic) bond motifs is 1. The smallest absolute Gasteiger partial charge is 0.283 e. The predicted molar refractivity (Wildman–Crippen MR) is 102 cm³/mol. The Labute approximate surface area is 155 Å². The van der Waals surface area contributed by atoms with Crippen molar-refractivity contribution in [3.63, 3.8) is 0 Å². The van der Waals surface area contributed by atoms with Gasteiger partial charge in [-0.3, -0.25) is 10.0 Å². The molecule has 0 fully saturated rings. The molecule has 0 aliphatic carbocycles. The molecule has 6 heteroatoms. The van der Waals surface area contributed by atoms with Crippen molar-refractivity contribution < 1.29 is 10.0 Å². The van der Waals surface area contributed by atoms with Gasteiger partial charge in [-0.15, -0.1) is 0 Å². The van der Waals surface area contributed by atoms with Crippen LogP contribution in [0.2, 0.25) is 0 Å². The summed E-state index contributed by atoms with van der Waals surface area (Å²) in [5, 5.41) is 9.67. The Hall–Kier alpha value is -3.82. The number of amides is 1. The van der Waals surface area contributed by atoms with Crippen molar-refractivity contribution in [3.05, 3.63) is 84.2 Å². The number of carbonyl (C=O) groups excluding carboxylic acids is 1. The number of nitrogens with two attached hydrogens (primary N) is 1. The first kappa shape index (κ1) is 16.6. The summed E-state index contributed by atoms with van der Waals surface area (Å²) in [7, 11) is 0. The van der Waals surface area contributed by atoms with Gasteiger partial charge in [-0.2, -0.15) is 0 Å². The third kappa shape index (κ3) is 3.32. The Balaban J connectivity index is 1.61. The molecule has 0 aliphatic rings. The van der Waals surface area contributed by atoms with Gasteiger partial charge in [-0.25, -0.2) is 10.5 Å². The predicted octanol–water partition coefficient (Wildman–Crippen LogP) is 3.05. The van der Waals surface area contributed by atoms with E-state index >= 15 is 0 Å². The zero-order valence-electron chi connectivity index (χ0n) is 14.3. The van der Waals surface area contributed by atoms with Gasteiger partial charge in [0, 0.05) is 34.6 Å². The minimum absolute atomic E-state index is 0.225. The van der Waals surface area contributed by atoms with E-state index in [-0.39, 0.29) is 5.56 Å². The molecular formula is C21H16N4O2. The lowest BCUT2D eigenvalue weighted by Gasteiger charge is -2.06. The number of hydrogen-bond acceptors (Lipinski definition) is 4. The third-order valence-corrected chi connectivity index (χ3v) is 4.32. The molecule has 0 saturated heterocycles. The minimum Gasteiger partial charge on any atom is -0.399 e. The Morgan fingerprint density at radius 3 is 2.78 bits per heavy atom. The molecule has 27 heavy (non-hydrogen) atoms. The average molecular weight is 356 g/mol. The summed E-state index contributed by atoms with van der Waals surface area (Å²) in [5.74, 6) is -0.611. The van der Waals surface area contributed by atoms with Gasteiger partial charge in [0.1, 0.15) is 5.65 Å². The van der Waals surface area contributed by atoms with Crippen LogP contribution < -0.4 is 11.2 Å². The molecule has 2 aromatic heterocycles. The fraction of sp³-hybridized carbons (Fsp3) is 0.0476. The van der Waals surface area contributed by atoms with Crippen molar-refractivity contribution in [2.45, 2.75) is 6.54 Å². The molecule has 0 unspecified atom stereocenters. The Bertz CT molecular complexity index is 1120. The van der Waals surface area contributed by atoms with Crippen LogP contribution >= 0.6 is 0 Å². The lowest BCUT2D eigenvalue weighted by Crippen LogP contribution is -2.18. The largest absolute Gasteiger partial charge is 0.399 e. The standard InChI is InChI=1S/C21H16N4O2/c22-19-3-1-2-16(11-19)18-10-17-8-9-25(20(17)23-12-18)13-14-4-6-15(7-5-14)21(26)24-27/h1-4,6,8-12,27H,13,22H2,(H,24,26). The molecule has 4 rings (SSSR count). The second kappa shape index (κ2) is 6.83. The molecule has 6 nitrogen and oxygen atoms in total. The van der Waals surface area contributed by atoms with E-state index < -0.39 is 5.91 Å². The first-order chi connectivity index (χ1) is 13.1. The van der Waals surface area contributed by atoms with Gasteiger partial charge in [-0.05, 0) is 42.0 Å². The number of hydroxylamine groups is 1. The maximum atomic E-state index is 11.4. The number of nitrogens with one attached hydrogen (secondary N) is 1. The van der Waals surface area contributed by atoms with Gasteiger partial charge >= 0.3 is 0 Å². The van der Waals surface area contributed by atoms with Crippen LogP contribution in [0, 0.1) is 12.1 Å². The highest BCUT2D eigenvalue weighted by Crippen LogP contribution is 2.25. The van der Waals surface area contributed by atoms with E-state index in [4.69, 9.17) is 10.9 Å². The molecule has 132 valence electrons. The van der Waals surface area contributed by atoms with Crippen molar-refractivity contribution in [2.24, 2.45) is 0 Å². The summed E-state index contributed by atoms with van der Waals surface area (Å²) in [6.45, 7) is 0.547. The molecule has 0 saturated carbocycles. The van der Waals surface area contributed by atoms with Crippen LogP contribution in [-0.4, -0.2) is 20.7 Å². The number of anilines is 1. The van der Waals surface area contributed by atoms with Gasteiger partial charge in [0.05, 0.1) is 12.1 Å². The molecule has 2 aromatic carbocycles. The van der Waals surface area contributed by atoms with Crippen LogP contribution in [0.15, 0.2) is 60.9 Å². The molecule has 0 radical (unpaired) electrons. The second-order valence-corrected chi connectivity index (χ2v) is 6.17. The number of benzene rings is 1.